The number of aromatic nitrogens is 3. The molecule has 0 radical (unpaired) electrons. The first-order valence-corrected chi connectivity index (χ1v) is 10.2. The molecule has 2 aliphatic rings. The van der Waals surface area contributed by atoms with Crippen LogP contribution in [0.5, 0.6) is 0 Å². The standard InChI is InChI=1S/C20H23N5S/c1-2-5-14(6-3-1)12-25-13-18(22-24-25)15-8-9-17-16(11-15)20(23-21-17)19-7-4-10-26-19/h1-7,10,13,15-17,20-21,23H,8-9,11-12H2. The van der Waals surface area contributed by atoms with Crippen LogP contribution >= 0.6 is 11.3 Å². The summed E-state index contributed by atoms with van der Waals surface area (Å²) < 4.78 is 1.97. The highest BCUT2D eigenvalue weighted by Crippen LogP contribution is 2.44. The minimum atomic E-state index is 0.419. The van der Waals surface area contributed by atoms with Gasteiger partial charge in [0.2, 0.25) is 0 Å². The van der Waals surface area contributed by atoms with Crippen molar-refractivity contribution in [2.45, 2.75) is 43.8 Å². The van der Waals surface area contributed by atoms with Crippen molar-refractivity contribution in [3.63, 3.8) is 0 Å². The highest BCUT2D eigenvalue weighted by molar-refractivity contribution is 7.10. The summed E-state index contributed by atoms with van der Waals surface area (Å²) >= 11 is 1.84. The molecule has 0 bridgehead atoms. The number of hydrogen-bond acceptors (Lipinski definition) is 5. The molecule has 1 saturated heterocycles. The summed E-state index contributed by atoms with van der Waals surface area (Å²) in [6, 6.07) is 15.8. The Morgan fingerprint density at radius 3 is 2.85 bits per heavy atom. The molecular weight excluding hydrogens is 342 g/mol. The molecule has 1 aromatic carbocycles. The SMILES string of the molecule is c1ccc(Cn2cc(C3CCC4NNC(c5cccs5)C4C3)nn2)cc1. The first-order valence-electron chi connectivity index (χ1n) is 9.35. The Balaban J connectivity index is 1.30. The lowest BCUT2D eigenvalue weighted by Crippen LogP contribution is -2.34. The maximum Gasteiger partial charge on any atom is 0.0858 e. The lowest BCUT2D eigenvalue weighted by atomic mass is 9.74. The highest BCUT2D eigenvalue weighted by atomic mass is 32.1. The van der Waals surface area contributed by atoms with E-state index in [1.807, 2.05) is 22.1 Å². The topological polar surface area (TPSA) is 54.8 Å². The third kappa shape index (κ3) is 3.09. The van der Waals surface area contributed by atoms with Crippen LogP contribution in [-0.2, 0) is 6.54 Å². The molecule has 4 atom stereocenters. The number of nitrogens with one attached hydrogen (secondary N) is 2. The third-order valence-electron chi connectivity index (χ3n) is 5.76. The fourth-order valence-electron chi connectivity index (χ4n) is 4.42. The van der Waals surface area contributed by atoms with E-state index < -0.39 is 0 Å². The van der Waals surface area contributed by atoms with Crippen LogP contribution < -0.4 is 10.9 Å². The molecule has 134 valence electrons. The summed E-state index contributed by atoms with van der Waals surface area (Å²) in [6.45, 7) is 0.785. The van der Waals surface area contributed by atoms with Crippen molar-refractivity contribution in [3.05, 3.63) is 70.2 Å². The molecule has 0 spiro atoms. The fourth-order valence-corrected chi connectivity index (χ4v) is 5.28. The number of benzene rings is 1. The minimum absolute atomic E-state index is 0.419. The average molecular weight is 366 g/mol. The van der Waals surface area contributed by atoms with Crippen molar-refractivity contribution in [1.82, 2.24) is 25.8 Å². The smallest absolute Gasteiger partial charge is 0.0858 e. The molecular formula is C20H23N5S. The van der Waals surface area contributed by atoms with Gasteiger partial charge in [-0.3, -0.25) is 5.43 Å². The van der Waals surface area contributed by atoms with Gasteiger partial charge in [-0.2, -0.15) is 0 Å². The second-order valence-electron chi connectivity index (χ2n) is 7.39. The monoisotopic (exact) mass is 365 g/mol. The number of rotatable bonds is 4. The Morgan fingerprint density at radius 2 is 2.00 bits per heavy atom. The van der Waals surface area contributed by atoms with Gasteiger partial charge in [-0.25, -0.2) is 10.1 Å². The Bertz CT molecular complexity index is 844. The zero-order valence-electron chi connectivity index (χ0n) is 14.6. The van der Waals surface area contributed by atoms with E-state index in [9.17, 15) is 0 Å². The van der Waals surface area contributed by atoms with E-state index >= 15 is 0 Å². The van der Waals surface area contributed by atoms with Crippen molar-refractivity contribution in [2.24, 2.45) is 5.92 Å². The van der Waals surface area contributed by atoms with Crippen LogP contribution in [0.2, 0.25) is 0 Å². The van der Waals surface area contributed by atoms with Gasteiger partial charge in [0.1, 0.15) is 0 Å². The molecule has 2 N–H and O–H groups in total. The maximum absolute atomic E-state index is 4.51. The molecule has 0 amide bonds. The summed E-state index contributed by atoms with van der Waals surface area (Å²) in [5.74, 6) is 1.12. The molecule has 1 aliphatic heterocycles. The van der Waals surface area contributed by atoms with Crippen LogP contribution in [0, 0.1) is 5.92 Å². The average Bonchev–Trinajstić information content (AvgIpc) is 3.42. The van der Waals surface area contributed by atoms with Crippen molar-refractivity contribution in [1.29, 1.82) is 0 Å². The second-order valence-corrected chi connectivity index (χ2v) is 8.37. The lowest BCUT2D eigenvalue weighted by molar-refractivity contribution is 0.276. The Hall–Kier alpha value is -2.02. The number of thiophene rings is 1. The van der Waals surface area contributed by atoms with Gasteiger partial charge in [-0.05, 0) is 42.2 Å². The molecule has 3 aromatic rings. The van der Waals surface area contributed by atoms with Crippen LogP contribution in [0.25, 0.3) is 0 Å². The number of fused-ring (bicyclic) bond motifs is 1. The number of hydrogen-bond donors (Lipinski definition) is 2. The van der Waals surface area contributed by atoms with Gasteiger partial charge < -0.3 is 0 Å². The molecule has 26 heavy (non-hydrogen) atoms. The molecule has 2 fully saturated rings. The van der Waals surface area contributed by atoms with Crippen molar-refractivity contribution in [2.75, 3.05) is 0 Å². The van der Waals surface area contributed by atoms with E-state index in [0.29, 0.717) is 23.9 Å². The molecule has 5 rings (SSSR count). The second kappa shape index (κ2) is 6.95. The predicted molar refractivity (Wildman–Crippen MR) is 103 cm³/mol. The zero-order chi connectivity index (χ0) is 17.3. The van der Waals surface area contributed by atoms with E-state index in [1.54, 1.807) is 0 Å². The van der Waals surface area contributed by atoms with Crippen LogP contribution in [0.15, 0.2) is 54.0 Å². The molecule has 4 unspecified atom stereocenters. The van der Waals surface area contributed by atoms with Crippen LogP contribution in [0.3, 0.4) is 0 Å². The zero-order valence-corrected chi connectivity index (χ0v) is 15.4. The molecule has 3 heterocycles. The summed E-state index contributed by atoms with van der Waals surface area (Å²) in [5, 5.41) is 11.1. The van der Waals surface area contributed by atoms with E-state index in [-0.39, 0.29) is 0 Å². The van der Waals surface area contributed by atoms with Gasteiger partial charge in [0.25, 0.3) is 0 Å². The van der Waals surface area contributed by atoms with E-state index in [0.717, 1.165) is 18.7 Å². The first-order chi connectivity index (χ1) is 12.9. The third-order valence-corrected chi connectivity index (χ3v) is 6.72. The Morgan fingerprint density at radius 1 is 1.08 bits per heavy atom. The van der Waals surface area contributed by atoms with Crippen molar-refractivity contribution < 1.29 is 0 Å². The van der Waals surface area contributed by atoms with Gasteiger partial charge in [-0.1, -0.05) is 41.6 Å². The van der Waals surface area contributed by atoms with Gasteiger partial charge in [0, 0.05) is 23.0 Å². The van der Waals surface area contributed by atoms with E-state index in [1.165, 1.54) is 23.3 Å². The first kappa shape index (κ1) is 16.2. The minimum Gasteiger partial charge on any atom is -0.254 e. The number of nitrogens with zero attached hydrogens (tertiary/aromatic N) is 3. The largest absolute Gasteiger partial charge is 0.254 e. The van der Waals surface area contributed by atoms with Gasteiger partial charge in [0.05, 0.1) is 18.3 Å². The normalized spacial score (nSPS) is 28.2. The lowest BCUT2D eigenvalue weighted by Gasteiger charge is -2.32. The summed E-state index contributed by atoms with van der Waals surface area (Å²) in [6.07, 6.45) is 5.68. The van der Waals surface area contributed by atoms with Crippen molar-refractivity contribution >= 4 is 11.3 Å². The fraction of sp³-hybridized carbons (Fsp3) is 0.400. The Kier molecular flexibility index (Phi) is 4.32. The molecule has 6 heteroatoms. The maximum atomic E-state index is 4.51. The van der Waals surface area contributed by atoms with Crippen LogP contribution in [-0.4, -0.2) is 21.0 Å². The summed E-state index contributed by atoms with van der Waals surface area (Å²) in [5.41, 5.74) is 9.46. The molecule has 1 aliphatic carbocycles. The number of hydrazine groups is 1. The van der Waals surface area contributed by atoms with Crippen LogP contribution in [0.4, 0.5) is 0 Å². The Labute approximate surface area is 157 Å². The van der Waals surface area contributed by atoms with Crippen molar-refractivity contribution in [3.8, 4) is 0 Å². The quantitative estimate of drug-likeness (QED) is 0.743. The van der Waals surface area contributed by atoms with Gasteiger partial charge in [0.15, 0.2) is 0 Å². The molecule has 5 nitrogen and oxygen atoms in total. The molecule has 1 saturated carbocycles. The van der Waals surface area contributed by atoms with Crippen LogP contribution in [0.1, 0.15) is 47.4 Å². The van der Waals surface area contributed by atoms with E-state index in [2.05, 4.69) is 69.1 Å². The highest BCUT2D eigenvalue weighted by Gasteiger charge is 2.42. The van der Waals surface area contributed by atoms with Gasteiger partial charge >= 0.3 is 0 Å². The van der Waals surface area contributed by atoms with E-state index in [4.69, 9.17) is 0 Å². The molecule has 2 aromatic heterocycles. The summed E-state index contributed by atoms with van der Waals surface area (Å²) in [7, 11) is 0. The van der Waals surface area contributed by atoms with Gasteiger partial charge in [-0.15, -0.1) is 16.4 Å². The predicted octanol–water partition coefficient (Wildman–Crippen LogP) is 3.49. The summed E-state index contributed by atoms with van der Waals surface area (Å²) in [4.78, 5) is 1.43.